The number of carbonyl (C=O) groups excluding carboxylic acids is 2. The third-order valence-corrected chi connectivity index (χ3v) is 8.73. The fourth-order valence-corrected chi connectivity index (χ4v) is 5.55. The van der Waals surface area contributed by atoms with Crippen molar-refractivity contribution >= 4 is 17.9 Å². The molecule has 0 aliphatic heterocycles. The van der Waals surface area contributed by atoms with E-state index in [1.54, 1.807) is 0 Å². The van der Waals surface area contributed by atoms with Crippen molar-refractivity contribution in [2.24, 2.45) is 0 Å². The van der Waals surface area contributed by atoms with Gasteiger partial charge in [0.15, 0.2) is 12.1 Å². The van der Waals surface area contributed by atoms with Gasteiger partial charge in [0.05, 0.1) is 34.4 Å². The molecule has 0 saturated carbocycles. The molecule has 8 nitrogen and oxygen atoms in total. The summed E-state index contributed by atoms with van der Waals surface area (Å²) < 4.78 is 17.1. The summed E-state index contributed by atoms with van der Waals surface area (Å²) in [6.45, 7) is 4.62. The van der Waals surface area contributed by atoms with Crippen LogP contribution in [0, 0.1) is 0 Å². The molecule has 51 heavy (non-hydrogen) atoms. The Balaban J connectivity index is 4.50. The number of hydrogen-bond acceptors (Lipinski definition) is 6. The number of nitrogens with zero attached hydrogens (tertiary/aromatic N) is 1. The zero-order chi connectivity index (χ0) is 37.8. The number of carbonyl (C=O) groups is 3. The van der Waals surface area contributed by atoms with Crippen LogP contribution in [0.25, 0.3) is 0 Å². The maximum Gasteiger partial charge on any atom is 0.362 e. The first-order chi connectivity index (χ1) is 24.6. The highest BCUT2D eigenvalue weighted by Gasteiger charge is 2.31. The van der Waals surface area contributed by atoms with Gasteiger partial charge in [0.2, 0.25) is 0 Å². The molecule has 0 aromatic rings. The van der Waals surface area contributed by atoms with Crippen LogP contribution in [0.5, 0.6) is 0 Å². The van der Waals surface area contributed by atoms with Crippen LogP contribution in [0.4, 0.5) is 0 Å². The van der Waals surface area contributed by atoms with Crippen molar-refractivity contribution in [1.82, 2.24) is 0 Å². The lowest BCUT2D eigenvalue weighted by molar-refractivity contribution is -0.887. The Morgan fingerprint density at radius 2 is 1.06 bits per heavy atom. The van der Waals surface area contributed by atoms with Gasteiger partial charge in [-0.2, -0.15) is 0 Å². The second-order valence-corrected chi connectivity index (χ2v) is 14.5. The van der Waals surface area contributed by atoms with Gasteiger partial charge in [-0.15, -0.1) is 0 Å². The predicted octanol–water partition coefficient (Wildman–Crippen LogP) is 10.5. The van der Waals surface area contributed by atoms with E-state index in [1.807, 2.05) is 21.1 Å². The number of allylic oxidation sites excluding steroid dienone is 8. The third-order valence-electron chi connectivity index (χ3n) is 8.73. The number of esters is 2. The predicted molar refractivity (Wildman–Crippen MR) is 211 cm³/mol. The number of rotatable bonds is 35. The molecular formula is C43H76NO7+. The van der Waals surface area contributed by atoms with E-state index in [2.05, 4.69) is 62.5 Å². The number of quaternary nitrogens is 1. The molecule has 0 aliphatic rings. The summed E-state index contributed by atoms with van der Waals surface area (Å²) in [6.07, 6.45) is 38.7. The van der Waals surface area contributed by atoms with Crippen LogP contribution in [0.2, 0.25) is 0 Å². The quantitative estimate of drug-likeness (QED) is 0.0301. The van der Waals surface area contributed by atoms with E-state index >= 15 is 0 Å². The Morgan fingerprint density at radius 1 is 0.588 bits per heavy atom. The molecule has 0 heterocycles. The molecule has 0 fully saturated rings. The first-order valence-electron chi connectivity index (χ1n) is 20.2. The van der Waals surface area contributed by atoms with E-state index in [9.17, 15) is 19.5 Å². The molecule has 1 N–H and O–H groups in total. The first-order valence-corrected chi connectivity index (χ1v) is 20.2. The van der Waals surface area contributed by atoms with E-state index in [-0.39, 0.29) is 42.7 Å². The average Bonchev–Trinajstić information content (AvgIpc) is 3.08. The van der Waals surface area contributed by atoms with Gasteiger partial charge in [0.1, 0.15) is 6.61 Å². The van der Waals surface area contributed by atoms with E-state index in [1.165, 1.54) is 70.6 Å². The van der Waals surface area contributed by atoms with Crippen molar-refractivity contribution in [3.05, 3.63) is 48.6 Å². The maximum absolute atomic E-state index is 12.6. The number of carboxylic acids is 1. The second kappa shape index (κ2) is 34.4. The monoisotopic (exact) mass is 719 g/mol. The second-order valence-electron chi connectivity index (χ2n) is 14.5. The van der Waals surface area contributed by atoms with Gasteiger partial charge < -0.3 is 23.8 Å². The molecule has 0 bridgehead atoms. The van der Waals surface area contributed by atoms with Crippen LogP contribution in [-0.4, -0.2) is 80.6 Å². The van der Waals surface area contributed by atoms with Crippen molar-refractivity contribution in [2.75, 3.05) is 41.0 Å². The summed E-state index contributed by atoms with van der Waals surface area (Å²) in [5, 5.41) is 9.58. The smallest absolute Gasteiger partial charge is 0.362 e. The molecule has 294 valence electrons. The van der Waals surface area contributed by atoms with Crippen LogP contribution in [0.3, 0.4) is 0 Å². The zero-order valence-electron chi connectivity index (χ0n) is 33.3. The molecule has 0 rings (SSSR count). The number of ether oxygens (including phenoxy) is 3. The maximum atomic E-state index is 12.6. The van der Waals surface area contributed by atoms with E-state index in [4.69, 9.17) is 14.2 Å². The normalized spacial score (nSPS) is 13.5. The van der Waals surface area contributed by atoms with Gasteiger partial charge in [-0.3, -0.25) is 9.59 Å². The molecule has 2 unspecified atom stereocenters. The minimum Gasteiger partial charge on any atom is -0.477 e. The fraction of sp³-hybridized carbons (Fsp3) is 0.744. The van der Waals surface area contributed by atoms with Crippen LogP contribution >= 0.6 is 0 Å². The molecule has 2 atom stereocenters. The standard InChI is InChI=1S/C43H75NO7/c1-6-8-10-12-14-16-18-19-20-21-22-23-24-26-28-30-32-34-42(46)51-39(37-49-36-35-40(43(47)48)44(3,4)5)38-50-41(45)33-31-29-27-25-17-15-13-11-9-7-2/h14,16,19-20,22-23,26,28,39-40H,6-13,15,17-18,21,24-25,27,29-38H2,1-5H3/p+1/b16-14+,20-19+,23-22+,28-26+. The molecule has 0 amide bonds. The van der Waals surface area contributed by atoms with Gasteiger partial charge in [-0.1, -0.05) is 133 Å². The van der Waals surface area contributed by atoms with Crippen molar-refractivity contribution < 1.29 is 38.2 Å². The van der Waals surface area contributed by atoms with E-state index < -0.39 is 18.1 Å². The van der Waals surface area contributed by atoms with Crippen molar-refractivity contribution in [3.63, 3.8) is 0 Å². The minimum absolute atomic E-state index is 0.0396. The number of carboxylic acid groups (broad SMARTS) is 1. The lowest BCUT2D eigenvalue weighted by atomic mass is 10.1. The molecule has 0 saturated heterocycles. The summed E-state index contributed by atoms with van der Waals surface area (Å²) in [4.78, 5) is 36.8. The SMILES string of the molecule is CCCCC/C=C/C/C=C/C/C=C/C/C=C/CCCC(=O)OC(COCCC(C(=O)O)[N+](C)(C)C)COC(=O)CCCCCCCCCCCC. The van der Waals surface area contributed by atoms with Crippen molar-refractivity contribution in [2.45, 2.75) is 167 Å². The average molecular weight is 719 g/mol. The van der Waals surface area contributed by atoms with Gasteiger partial charge in [-0.05, 0) is 51.4 Å². The van der Waals surface area contributed by atoms with Gasteiger partial charge in [0, 0.05) is 19.3 Å². The third kappa shape index (κ3) is 32.9. The summed E-state index contributed by atoms with van der Waals surface area (Å²) in [7, 11) is 5.50. The van der Waals surface area contributed by atoms with Crippen LogP contribution in [0.15, 0.2) is 48.6 Å². The highest BCUT2D eigenvalue weighted by Crippen LogP contribution is 2.13. The molecule has 8 heteroatoms. The number of hydrogen-bond donors (Lipinski definition) is 1. The summed E-state index contributed by atoms with van der Waals surface area (Å²) in [5.41, 5.74) is 0. The van der Waals surface area contributed by atoms with Gasteiger partial charge >= 0.3 is 17.9 Å². The lowest BCUT2D eigenvalue weighted by Crippen LogP contribution is -2.50. The Hall–Kier alpha value is -2.71. The zero-order valence-corrected chi connectivity index (χ0v) is 33.3. The van der Waals surface area contributed by atoms with Gasteiger partial charge in [-0.25, -0.2) is 4.79 Å². The molecule has 0 aromatic heterocycles. The Labute approximate surface area is 312 Å². The van der Waals surface area contributed by atoms with Crippen LogP contribution in [0.1, 0.15) is 155 Å². The van der Waals surface area contributed by atoms with Crippen molar-refractivity contribution in [1.29, 1.82) is 0 Å². The summed E-state index contributed by atoms with van der Waals surface area (Å²) >= 11 is 0. The Bertz CT molecular complexity index is 979. The van der Waals surface area contributed by atoms with Crippen molar-refractivity contribution in [3.8, 4) is 0 Å². The highest BCUT2D eigenvalue weighted by molar-refractivity contribution is 5.72. The van der Waals surface area contributed by atoms with Crippen LogP contribution in [-0.2, 0) is 28.6 Å². The number of likely N-dealkylation sites (N-methyl/N-ethyl adjacent to an activating group) is 1. The highest BCUT2D eigenvalue weighted by atomic mass is 16.6. The largest absolute Gasteiger partial charge is 0.477 e. The van der Waals surface area contributed by atoms with Crippen LogP contribution < -0.4 is 0 Å². The molecule has 0 spiro atoms. The molecular weight excluding hydrogens is 642 g/mol. The summed E-state index contributed by atoms with van der Waals surface area (Å²) in [5.74, 6) is -1.55. The van der Waals surface area contributed by atoms with E-state index in [0.717, 1.165) is 44.9 Å². The molecule has 0 radical (unpaired) electrons. The number of unbranched alkanes of at least 4 members (excludes halogenated alkanes) is 13. The Morgan fingerprint density at radius 3 is 1.59 bits per heavy atom. The summed E-state index contributed by atoms with van der Waals surface area (Å²) in [6, 6.07) is -0.623. The first kappa shape index (κ1) is 48.3. The molecule has 0 aromatic carbocycles. The lowest BCUT2D eigenvalue weighted by Gasteiger charge is -2.31. The van der Waals surface area contributed by atoms with Gasteiger partial charge in [0.25, 0.3) is 0 Å². The molecule has 0 aliphatic carbocycles. The number of aliphatic carboxylic acids is 1. The topological polar surface area (TPSA) is 99.1 Å². The minimum atomic E-state index is -0.885. The van der Waals surface area contributed by atoms with E-state index in [0.29, 0.717) is 19.3 Å². The fourth-order valence-electron chi connectivity index (χ4n) is 5.55. The Kier molecular flexibility index (Phi) is 32.6.